The number of nitrogens with one attached hydrogen (secondary N) is 1. The zero-order chi connectivity index (χ0) is 23.2. The molecule has 1 fully saturated rings. The van der Waals surface area contributed by atoms with Gasteiger partial charge in [0.05, 0.1) is 17.8 Å². The SMILES string of the molecule is CC(=O)NCCN1CCOC(COc2nc(-c3ccc(N(C)C)cc3)cc3nccnc23)C1. The Hall–Kier alpha value is -3.30. The van der Waals surface area contributed by atoms with Crippen LogP contribution in [0.5, 0.6) is 5.88 Å². The van der Waals surface area contributed by atoms with Gasteiger partial charge in [0.2, 0.25) is 11.8 Å². The Balaban J connectivity index is 1.48. The second-order valence-electron chi connectivity index (χ2n) is 8.27. The molecule has 1 aromatic carbocycles. The van der Waals surface area contributed by atoms with Crippen LogP contribution in [0, 0.1) is 0 Å². The Morgan fingerprint density at radius 1 is 1.24 bits per heavy atom. The number of aromatic nitrogens is 3. The summed E-state index contributed by atoms with van der Waals surface area (Å²) in [6, 6.07) is 10.1. The molecule has 0 saturated carbocycles. The average Bonchev–Trinajstić information content (AvgIpc) is 2.82. The molecule has 2 aromatic heterocycles. The van der Waals surface area contributed by atoms with Gasteiger partial charge in [0, 0.05) is 70.8 Å². The summed E-state index contributed by atoms with van der Waals surface area (Å²) in [5.41, 5.74) is 4.24. The molecule has 1 aliphatic rings. The van der Waals surface area contributed by atoms with Gasteiger partial charge in [0.1, 0.15) is 12.7 Å². The lowest BCUT2D eigenvalue weighted by Crippen LogP contribution is -2.47. The molecule has 4 rings (SSSR count). The van der Waals surface area contributed by atoms with E-state index in [2.05, 4.69) is 37.2 Å². The summed E-state index contributed by atoms with van der Waals surface area (Å²) in [6.07, 6.45) is 3.22. The van der Waals surface area contributed by atoms with Gasteiger partial charge < -0.3 is 19.7 Å². The molecule has 1 amide bonds. The highest BCUT2D eigenvalue weighted by molar-refractivity contribution is 5.83. The number of carbonyl (C=O) groups excluding carboxylic acids is 1. The maximum absolute atomic E-state index is 11.1. The number of ether oxygens (including phenoxy) is 2. The van der Waals surface area contributed by atoms with E-state index in [4.69, 9.17) is 14.5 Å². The molecular formula is C24H30N6O3. The molecule has 3 heterocycles. The number of rotatable bonds is 8. The first kappa shape index (κ1) is 22.9. The predicted molar refractivity (Wildman–Crippen MR) is 127 cm³/mol. The minimum Gasteiger partial charge on any atom is -0.473 e. The van der Waals surface area contributed by atoms with Crippen LogP contribution in [0.3, 0.4) is 0 Å². The topological polar surface area (TPSA) is 92.7 Å². The molecule has 9 heteroatoms. The molecule has 9 nitrogen and oxygen atoms in total. The number of nitrogens with zero attached hydrogens (tertiary/aromatic N) is 5. The van der Waals surface area contributed by atoms with Crippen LogP contribution in [-0.4, -0.2) is 85.4 Å². The standard InChI is InChI=1S/C24H30N6O3/c1-17(31)25-10-11-30-12-13-32-20(15-30)16-33-24-23-22(26-8-9-27-23)14-21(28-24)18-4-6-19(7-5-18)29(2)3/h4-9,14,20H,10-13,15-16H2,1-3H3,(H,25,31). The maximum atomic E-state index is 11.1. The largest absolute Gasteiger partial charge is 0.473 e. The van der Waals surface area contributed by atoms with Crippen LogP contribution in [0.15, 0.2) is 42.7 Å². The van der Waals surface area contributed by atoms with E-state index in [-0.39, 0.29) is 12.0 Å². The number of amides is 1. The number of carbonyl (C=O) groups is 1. The number of pyridine rings is 1. The number of morpholine rings is 1. The Morgan fingerprint density at radius 2 is 2.03 bits per heavy atom. The van der Waals surface area contributed by atoms with Gasteiger partial charge in [0.25, 0.3) is 0 Å². The molecule has 3 aromatic rings. The zero-order valence-electron chi connectivity index (χ0n) is 19.3. The molecule has 1 aliphatic heterocycles. The first-order valence-electron chi connectivity index (χ1n) is 11.1. The van der Waals surface area contributed by atoms with E-state index >= 15 is 0 Å². The van der Waals surface area contributed by atoms with Crippen molar-refractivity contribution < 1.29 is 14.3 Å². The highest BCUT2D eigenvalue weighted by Crippen LogP contribution is 2.28. The monoisotopic (exact) mass is 450 g/mol. The van der Waals surface area contributed by atoms with Crippen molar-refractivity contribution in [3.8, 4) is 17.1 Å². The Morgan fingerprint density at radius 3 is 2.79 bits per heavy atom. The molecule has 0 spiro atoms. The summed E-state index contributed by atoms with van der Waals surface area (Å²) >= 11 is 0. The van der Waals surface area contributed by atoms with Gasteiger partial charge in [-0.2, -0.15) is 0 Å². The summed E-state index contributed by atoms with van der Waals surface area (Å²) in [5, 5.41) is 2.84. The molecule has 1 N–H and O–H groups in total. The lowest BCUT2D eigenvalue weighted by atomic mass is 10.1. The average molecular weight is 451 g/mol. The third-order valence-corrected chi connectivity index (χ3v) is 5.53. The van der Waals surface area contributed by atoms with E-state index in [0.717, 1.165) is 42.1 Å². The van der Waals surface area contributed by atoms with E-state index in [1.54, 1.807) is 12.4 Å². The fourth-order valence-corrected chi connectivity index (χ4v) is 3.77. The highest BCUT2D eigenvalue weighted by atomic mass is 16.5. The van der Waals surface area contributed by atoms with Crippen molar-refractivity contribution in [1.29, 1.82) is 0 Å². The summed E-state index contributed by atoms with van der Waals surface area (Å²) in [6.45, 7) is 5.49. The van der Waals surface area contributed by atoms with Gasteiger partial charge in [-0.25, -0.2) is 9.97 Å². The molecule has 0 aliphatic carbocycles. The van der Waals surface area contributed by atoms with Crippen LogP contribution in [0.25, 0.3) is 22.3 Å². The quantitative estimate of drug-likeness (QED) is 0.557. The summed E-state index contributed by atoms with van der Waals surface area (Å²) in [4.78, 5) is 29.1. The lowest BCUT2D eigenvalue weighted by molar-refractivity contribution is -0.119. The third kappa shape index (κ3) is 5.94. The number of hydrogen-bond acceptors (Lipinski definition) is 8. The van der Waals surface area contributed by atoms with Crippen LogP contribution in [0.1, 0.15) is 6.92 Å². The number of hydrogen-bond donors (Lipinski definition) is 1. The molecule has 1 atom stereocenters. The second kappa shape index (κ2) is 10.5. The van der Waals surface area contributed by atoms with Gasteiger partial charge in [-0.3, -0.25) is 14.7 Å². The highest BCUT2D eigenvalue weighted by Gasteiger charge is 2.22. The van der Waals surface area contributed by atoms with Crippen LogP contribution in [0.2, 0.25) is 0 Å². The minimum atomic E-state index is -0.0902. The Kier molecular flexibility index (Phi) is 7.31. The molecular weight excluding hydrogens is 420 g/mol. The van der Waals surface area contributed by atoms with E-state index in [9.17, 15) is 4.79 Å². The second-order valence-corrected chi connectivity index (χ2v) is 8.27. The van der Waals surface area contributed by atoms with Gasteiger partial charge in [-0.05, 0) is 18.2 Å². The molecule has 33 heavy (non-hydrogen) atoms. The van der Waals surface area contributed by atoms with E-state index in [1.807, 2.05) is 32.3 Å². The smallest absolute Gasteiger partial charge is 0.242 e. The van der Waals surface area contributed by atoms with Crippen LogP contribution >= 0.6 is 0 Å². The van der Waals surface area contributed by atoms with Crippen LogP contribution < -0.4 is 15.0 Å². The van der Waals surface area contributed by atoms with Gasteiger partial charge in [-0.15, -0.1) is 0 Å². The molecule has 0 bridgehead atoms. The molecule has 1 unspecified atom stereocenters. The normalized spacial score (nSPS) is 16.5. The number of fused-ring (bicyclic) bond motifs is 1. The van der Waals surface area contributed by atoms with E-state index in [0.29, 0.717) is 31.2 Å². The number of anilines is 1. The molecule has 174 valence electrons. The van der Waals surface area contributed by atoms with Gasteiger partial charge in [-0.1, -0.05) is 12.1 Å². The van der Waals surface area contributed by atoms with Crippen LogP contribution in [0.4, 0.5) is 5.69 Å². The van der Waals surface area contributed by atoms with Crippen molar-refractivity contribution in [2.45, 2.75) is 13.0 Å². The fraction of sp³-hybridized carbons (Fsp3) is 0.417. The first-order valence-corrected chi connectivity index (χ1v) is 11.1. The molecule has 1 saturated heterocycles. The fourth-order valence-electron chi connectivity index (χ4n) is 3.77. The zero-order valence-corrected chi connectivity index (χ0v) is 19.3. The summed E-state index contributed by atoms with van der Waals surface area (Å²) in [5.74, 6) is 0.435. The third-order valence-electron chi connectivity index (χ3n) is 5.53. The first-order chi connectivity index (χ1) is 16.0. The van der Waals surface area contributed by atoms with Gasteiger partial charge in [0.15, 0.2) is 5.52 Å². The van der Waals surface area contributed by atoms with Gasteiger partial charge >= 0.3 is 0 Å². The summed E-state index contributed by atoms with van der Waals surface area (Å²) < 4.78 is 12.0. The predicted octanol–water partition coefficient (Wildman–Crippen LogP) is 1.97. The van der Waals surface area contributed by atoms with E-state index in [1.165, 1.54) is 6.92 Å². The van der Waals surface area contributed by atoms with Crippen molar-refractivity contribution in [3.63, 3.8) is 0 Å². The Labute approximate surface area is 193 Å². The van der Waals surface area contributed by atoms with Crippen molar-refractivity contribution in [2.24, 2.45) is 0 Å². The molecule has 0 radical (unpaired) electrons. The lowest BCUT2D eigenvalue weighted by Gasteiger charge is -2.32. The number of benzene rings is 1. The van der Waals surface area contributed by atoms with Crippen molar-refractivity contribution >= 4 is 22.6 Å². The van der Waals surface area contributed by atoms with Crippen molar-refractivity contribution in [2.75, 3.05) is 58.4 Å². The maximum Gasteiger partial charge on any atom is 0.242 e. The van der Waals surface area contributed by atoms with Crippen LogP contribution in [-0.2, 0) is 9.53 Å². The van der Waals surface area contributed by atoms with E-state index < -0.39 is 0 Å². The Bertz CT molecular complexity index is 1090. The van der Waals surface area contributed by atoms with Crippen molar-refractivity contribution in [3.05, 3.63) is 42.7 Å². The summed E-state index contributed by atoms with van der Waals surface area (Å²) in [7, 11) is 4.03. The minimum absolute atomic E-state index is 0.0153. The van der Waals surface area contributed by atoms with Crippen molar-refractivity contribution in [1.82, 2.24) is 25.2 Å².